The lowest BCUT2D eigenvalue weighted by Crippen LogP contribution is -2.25. The van der Waals surface area contributed by atoms with Gasteiger partial charge in [0.2, 0.25) is 0 Å². The molecule has 120 valence electrons. The molecule has 1 N–H and O–H groups in total. The highest BCUT2D eigenvalue weighted by Crippen LogP contribution is 2.51. The SMILES string of the molecule is CC(c1ccccc1)N1c2ccccc2Oc2c(CO)cccc21. The fourth-order valence-electron chi connectivity index (χ4n) is 3.28. The van der Waals surface area contributed by atoms with Crippen molar-refractivity contribution in [2.75, 3.05) is 4.90 Å². The molecule has 0 amide bonds. The summed E-state index contributed by atoms with van der Waals surface area (Å²) >= 11 is 0. The van der Waals surface area contributed by atoms with E-state index in [0.717, 1.165) is 28.4 Å². The van der Waals surface area contributed by atoms with Gasteiger partial charge in [-0.05, 0) is 30.7 Å². The van der Waals surface area contributed by atoms with Gasteiger partial charge in [0.15, 0.2) is 11.5 Å². The number of hydrogen-bond acceptors (Lipinski definition) is 3. The van der Waals surface area contributed by atoms with Crippen LogP contribution in [-0.4, -0.2) is 5.11 Å². The zero-order chi connectivity index (χ0) is 16.5. The van der Waals surface area contributed by atoms with Gasteiger partial charge in [-0.2, -0.15) is 0 Å². The number of nitrogens with zero attached hydrogens (tertiary/aromatic N) is 1. The molecule has 24 heavy (non-hydrogen) atoms. The van der Waals surface area contributed by atoms with Crippen molar-refractivity contribution in [3.8, 4) is 11.5 Å². The molecule has 1 heterocycles. The summed E-state index contributed by atoms with van der Waals surface area (Å²) in [4.78, 5) is 2.28. The molecule has 3 aromatic rings. The quantitative estimate of drug-likeness (QED) is 0.722. The van der Waals surface area contributed by atoms with E-state index < -0.39 is 0 Å². The first-order valence-corrected chi connectivity index (χ1v) is 8.13. The summed E-state index contributed by atoms with van der Waals surface area (Å²) in [6, 6.07) is 24.5. The zero-order valence-corrected chi connectivity index (χ0v) is 13.5. The van der Waals surface area contributed by atoms with Crippen molar-refractivity contribution in [3.05, 3.63) is 83.9 Å². The van der Waals surface area contributed by atoms with E-state index in [9.17, 15) is 5.11 Å². The summed E-state index contributed by atoms with van der Waals surface area (Å²) in [5.41, 5.74) is 4.05. The van der Waals surface area contributed by atoms with Crippen LogP contribution in [0.2, 0.25) is 0 Å². The Morgan fingerprint density at radius 3 is 2.38 bits per heavy atom. The number of hydrogen-bond donors (Lipinski definition) is 1. The van der Waals surface area contributed by atoms with Crippen LogP contribution in [0, 0.1) is 0 Å². The number of rotatable bonds is 3. The highest BCUT2D eigenvalue weighted by Gasteiger charge is 2.29. The molecule has 0 aromatic heterocycles. The molecular weight excluding hydrogens is 298 g/mol. The predicted molar refractivity (Wildman–Crippen MR) is 95.9 cm³/mol. The molecule has 0 saturated carbocycles. The van der Waals surface area contributed by atoms with Gasteiger partial charge in [-0.3, -0.25) is 0 Å². The van der Waals surface area contributed by atoms with E-state index in [1.807, 2.05) is 42.5 Å². The summed E-state index contributed by atoms with van der Waals surface area (Å²) in [6.07, 6.45) is 0. The molecular formula is C21H19NO2. The Hall–Kier alpha value is -2.78. The Kier molecular flexibility index (Phi) is 3.71. The predicted octanol–water partition coefficient (Wildman–Crippen LogP) is 5.18. The number of fused-ring (bicyclic) bond motifs is 2. The van der Waals surface area contributed by atoms with Crippen LogP contribution >= 0.6 is 0 Å². The van der Waals surface area contributed by atoms with E-state index in [1.54, 1.807) is 0 Å². The fourth-order valence-corrected chi connectivity index (χ4v) is 3.28. The Morgan fingerprint density at radius 1 is 0.875 bits per heavy atom. The standard InChI is InChI=1S/C21H19NO2/c1-15(16-8-3-2-4-9-16)22-18-11-5-6-13-20(18)24-21-17(14-23)10-7-12-19(21)22/h2-13,15,23H,14H2,1H3. The van der Waals surface area contributed by atoms with E-state index in [2.05, 4.69) is 42.2 Å². The Balaban J connectivity index is 1.90. The lowest BCUT2D eigenvalue weighted by atomic mass is 10.0. The van der Waals surface area contributed by atoms with Crippen molar-refractivity contribution in [3.63, 3.8) is 0 Å². The minimum Gasteiger partial charge on any atom is -0.453 e. The average Bonchev–Trinajstić information content (AvgIpc) is 2.65. The number of aliphatic hydroxyl groups excluding tert-OH is 1. The van der Waals surface area contributed by atoms with Gasteiger partial charge in [-0.1, -0.05) is 54.6 Å². The van der Waals surface area contributed by atoms with Crippen LogP contribution < -0.4 is 9.64 Å². The van der Waals surface area contributed by atoms with Crippen molar-refractivity contribution in [1.29, 1.82) is 0 Å². The molecule has 0 aliphatic carbocycles. The van der Waals surface area contributed by atoms with Crippen LogP contribution in [0.25, 0.3) is 0 Å². The molecule has 0 radical (unpaired) electrons. The molecule has 0 spiro atoms. The van der Waals surface area contributed by atoms with Gasteiger partial charge in [0.25, 0.3) is 0 Å². The van der Waals surface area contributed by atoms with Crippen molar-refractivity contribution in [2.45, 2.75) is 19.6 Å². The molecule has 4 rings (SSSR count). The fraction of sp³-hybridized carbons (Fsp3) is 0.143. The smallest absolute Gasteiger partial charge is 0.156 e. The summed E-state index contributed by atoms with van der Waals surface area (Å²) in [7, 11) is 0. The van der Waals surface area contributed by atoms with E-state index in [4.69, 9.17) is 4.74 Å². The van der Waals surface area contributed by atoms with E-state index in [0.29, 0.717) is 0 Å². The highest BCUT2D eigenvalue weighted by atomic mass is 16.5. The monoisotopic (exact) mass is 317 g/mol. The molecule has 1 atom stereocenters. The minimum absolute atomic E-state index is 0.0428. The van der Waals surface area contributed by atoms with Gasteiger partial charge >= 0.3 is 0 Å². The normalized spacial score (nSPS) is 13.7. The summed E-state index contributed by atoms with van der Waals surface area (Å²) < 4.78 is 6.11. The largest absolute Gasteiger partial charge is 0.453 e. The van der Waals surface area contributed by atoms with Crippen LogP contribution in [0.1, 0.15) is 24.1 Å². The summed E-state index contributed by atoms with van der Waals surface area (Å²) in [6.45, 7) is 2.14. The second-order valence-electron chi connectivity index (χ2n) is 5.95. The van der Waals surface area contributed by atoms with Gasteiger partial charge in [-0.15, -0.1) is 0 Å². The first kappa shape index (κ1) is 14.8. The number of aliphatic hydroxyl groups is 1. The van der Waals surface area contributed by atoms with Crippen LogP contribution in [0.4, 0.5) is 11.4 Å². The first-order chi connectivity index (χ1) is 11.8. The Morgan fingerprint density at radius 2 is 1.58 bits per heavy atom. The second-order valence-corrected chi connectivity index (χ2v) is 5.95. The van der Waals surface area contributed by atoms with Gasteiger partial charge in [0.1, 0.15) is 0 Å². The van der Waals surface area contributed by atoms with Gasteiger partial charge < -0.3 is 14.7 Å². The molecule has 3 aromatic carbocycles. The lowest BCUT2D eigenvalue weighted by Gasteiger charge is -2.38. The number of ether oxygens (including phenoxy) is 1. The summed E-state index contributed by atoms with van der Waals surface area (Å²) in [5.74, 6) is 1.55. The van der Waals surface area contributed by atoms with Crippen molar-refractivity contribution >= 4 is 11.4 Å². The van der Waals surface area contributed by atoms with Crippen LogP contribution in [0.15, 0.2) is 72.8 Å². The first-order valence-electron chi connectivity index (χ1n) is 8.13. The van der Waals surface area contributed by atoms with Crippen molar-refractivity contribution in [1.82, 2.24) is 0 Å². The molecule has 1 aliphatic rings. The molecule has 1 unspecified atom stereocenters. The number of anilines is 2. The maximum atomic E-state index is 9.68. The van der Waals surface area contributed by atoms with Crippen LogP contribution in [0.5, 0.6) is 11.5 Å². The van der Waals surface area contributed by atoms with Gasteiger partial charge in [0.05, 0.1) is 24.0 Å². The number of para-hydroxylation sites is 3. The van der Waals surface area contributed by atoms with E-state index >= 15 is 0 Å². The average molecular weight is 317 g/mol. The summed E-state index contributed by atoms with van der Waals surface area (Å²) in [5, 5.41) is 9.68. The van der Waals surface area contributed by atoms with Crippen LogP contribution in [-0.2, 0) is 6.61 Å². The van der Waals surface area contributed by atoms with Gasteiger partial charge in [0, 0.05) is 5.56 Å². The molecule has 3 nitrogen and oxygen atoms in total. The molecule has 1 aliphatic heterocycles. The van der Waals surface area contributed by atoms with Gasteiger partial charge in [-0.25, -0.2) is 0 Å². The zero-order valence-electron chi connectivity index (χ0n) is 13.5. The Bertz CT molecular complexity index is 861. The van der Waals surface area contributed by atoms with Crippen molar-refractivity contribution < 1.29 is 9.84 Å². The highest BCUT2D eigenvalue weighted by molar-refractivity contribution is 5.80. The lowest BCUT2D eigenvalue weighted by molar-refractivity contribution is 0.276. The third kappa shape index (κ3) is 2.34. The Labute approximate surface area is 141 Å². The van der Waals surface area contributed by atoms with E-state index in [-0.39, 0.29) is 12.6 Å². The maximum absolute atomic E-state index is 9.68. The number of benzene rings is 3. The third-order valence-electron chi connectivity index (χ3n) is 4.51. The maximum Gasteiger partial charge on any atom is 0.156 e. The minimum atomic E-state index is -0.0428. The second kappa shape index (κ2) is 6.02. The van der Waals surface area contributed by atoms with Crippen LogP contribution in [0.3, 0.4) is 0 Å². The topological polar surface area (TPSA) is 32.7 Å². The molecule has 0 fully saturated rings. The molecule has 3 heteroatoms. The van der Waals surface area contributed by atoms with Crippen molar-refractivity contribution in [2.24, 2.45) is 0 Å². The third-order valence-corrected chi connectivity index (χ3v) is 4.51. The van der Waals surface area contributed by atoms with E-state index in [1.165, 1.54) is 5.56 Å². The molecule has 0 saturated heterocycles. The molecule has 0 bridgehead atoms.